The topological polar surface area (TPSA) is 61.2 Å². The smallest absolute Gasteiger partial charge is 0.338 e. The van der Waals surface area contributed by atoms with Crippen LogP contribution in [0, 0.1) is 11.6 Å². The van der Waals surface area contributed by atoms with Gasteiger partial charge in [-0.2, -0.15) is 0 Å². The van der Waals surface area contributed by atoms with Gasteiger partial charge >= 0.3 is 5.97 Å². The number of carbonyl (C=O) groups is 1. The van der Waals surface area contributed by atoms with Gasteiger partial charge < -0.3 is 4.74 Å². The molecule has 0 saturated heterocycles. The van der Waals surface area contributed by atoms with Crippen LogP contribution in [0.15, 0.2) is 47.4 Å². The zero-order valence-corrected chi connectivity index (χ0v) is 16.1. The summed E-state index contributed by atoms with van der Waals surface area (Å²) in [7, 11) is 0. The fourth-order valence-electron chi connectivity index (χ4n) is 2.82. The Bertz CT molecular complexity index is 1240. The van der Waals surface area contributed by atoms with Crippen LogP contribution in [0.25, 0.3) is 22.2 Å². The van der Waals surface area contributed by atoms with Gasteiger partial charge in [0.2, 0.25) is 0 Å². The molecule has 0 fully saturated rings. The Morgan fingerprint density at radius 1 is 1.23 bits per heavy atom. The van der Waals surface area contributed by atoms with Crippen molar-refractivity contribution in [2.24, 2.45) is 0 Å². The molecule has 3 rings (SSSR count). The molecular formula is C20H13ClF4N2O3. The fourth-order valence-corrected chi connectivity index (χ4v) is 3.07. The van der Waals surface area contributed by atoms with E-state index in [0.717, 1.165) is 6.07 Å². The number of halogens is 5. The van der Waals surface area contributed by atoms with Gasteiger partial charge in [0.15, 0.2) is 5.75 Å². The lowest BCUT2D eigenvalue weighted by Gasteiger charge is -2.18. The van der Waals surface area contributed by atoms with Crippen LogP contribution in [0.4, 0.5) is 17.6 Å². The predicted octanol–water partition coefficient (Wildman–Crippen LogP) is 4.74. The number of nitrogens with zero attached hydrogens (tertiary/aromatic N) is 2. The van der Waals surface area contributed by atoms with Gasteiger partial charge in [-0.3, -0.25) is 9.36 Å². The molecule has 0 radical (unpaired) electrons. The molecule has 2 aromatic heterocycles. The minimum absolute atomic E-state index is 0.0536. The summed E-state index contributed by atoms with van der Waals surface area (Å²) in [5, 5.41) is -0.825. The summed E-state index contributed by atoms with van der Waals surface area (Å²) < 4.78 is 60.9. The molecule has 0 spiro atoms. The number of carbonyl (C=O) groups excluding carboxylic acids is 1. The summed E-state index contributed by atoms with van der Waals surface area (Å²) in [6.45, 7) is 3.68. The third-order valence-corrected chi connectivity index (χ3v) is 4.50. The van der Waals surface area contributed by atoms with E-state index >= 15 is 0 Å². The number of aromatic nitrogens is 2. The standard InChI is InChI=1S/C20H13ClF4N2O3/c1-9(2)20(29)30-17-10-4-3-7-26-18(10)27(8-13(24)25)19(28)15(17)14-11(22)5-6-12(23)16(14)21/h3-7,13H,1,8H2,2H3. The molecule has 0 bridgehead atoms. The third-order valence-electron chi connectivity index (χ3n) is 4.13. The number of rotatable bonds is 5. The van der Waals surface area contributed by atoms with Crippen LogP contribution < -0.4 is 10.3 Å². The van der Waals surface area contributed by atoms with Crippen molar-refractivity contribution in [2.75, 3.05) is 0 Å². The minimum atomic E-state index is -2.96. The first-order valence-corrected chi connectivity index (χ1v) is 8.82. The van der Waals surface area contributed by atoms with Crippen LogP contribution in [-0.4, -0.2) is 21.9 Å². The van der Waals surface area contributed by atoms with Crippen LogP contribution in [-0.2, 0) is 11.3 Å². The average Bonchev–Trinajstić information content (AvgIpc) is 2.69. The highest BCUT2D eigenvalue weighted by Gasteiger charge is 2.28. The maximum atomic E-state index is 14.6. The molecule has 1 aromatic carbocycles. The highest BCUT2D eigenvalue weighted by molar-refractivity contribution is 6.33. The molecular weight excluding hydrogens is 428 g/mol. The lowest BCUT2D eigenvalue weighted by molar-refractivity contribution is -0.129. The van der Waals surface area contributed by atoms with Crippen molar-refractivity contribution >= 4 is 28.6 Å². The van der Waals surface area contributed by atoms with Crippen LogP contribution in [0.1, 0.15) is 6.92 Å². The SMILES string of the molecule is C=C(C)C(=O)Oc1c(-c2c(F)ccc(F)c2Cl)c(=O)n(CC(F)F)c2ncccc12. The third kappa shape index (κ3) is 3.80. The van der Waals surface area contributed by atoms with Crippen molar-refractivity contribution in [1.82, 2.24) is 9.55 Å². The van der Waals surface area contributed by atoms with E-state index in [2.05, 4.69) is 11.6 Å². The zero-order chi connectivity index (χ0) is 22.2. The molecule has 0 aliphatic rings. The molecule has 0 aliphatic carbocycles. The number of benzene rings is 1. The molecule has 0 atom stereocenters. The molecule has 0 amide bonds. The first-order chi connectivity index (χ1) is 14.1. The van der Waals surface area contributed by atoms with Crippen LogP contribution in [0.2, 0.25) is 5.02 Å². The lowest BCUT2D eigenvalue weighted by atomic mass is 10.0. The maximum absolute atomic E-state index is 14.6. The second kappa shape index (κ2) is 8.27. The minimum Gasteiger partial charge on any atom is -0.422 e. The van der Waals surface area contributed by atoms with Crippen molar-refractivity contribution in [3.8, 4) is 16.9 Å². The highest BCUT2D eigenvalue weighted by Crippen LogP contribution is 2.39. The zero-order valence-electron chi connectivity index (χ0n) is 15.4. The molecule has 2 heterocycles. The summed E-state index contributed by atoms with van der Waals surface area (Å²) in [5.74, 6) is -3.64. The van der Waals surface area contributed by atoms with Gasteiger partial charge in [0.1, 0.15) is 17.3 Å². The second-order valence-corrected chi connectivity index (χ2v) is 6.65. The van der Waals surface area contributed by atoms with Gasteiger partial charge in [-0.25, -0.2) is 27.3 Å². The molecule has 10 heteroatoms. The number of hydrogen-bond donors (Lipinski definition) is 0. The van der Waals surface area contributed by atoms with Gasteiger partial charge in [0.25, 0.3) is 12.0 Å². The molecule has 5 nitrogen and oxygen atoms in total. The number of esters is 1. The molecule has 3 aromatic rings. The quantitative estimate of drug-likeness (QED) is 0.249. The fraction of sp³-hybridized carbons (Fsp3) is 0.150. The van der Waals surface area contributed by atoms with Crippen molar-refractivity contribution in [2.45, 2.75) is 19.9 Å². The summed E-state index contributed by atoms with van der Waals surface area (Å²) in [4.78, 5) is 29.2. The normalized spacial score (nSPS) is 11.2. The van der Waals surface area contributed by atoms with E-state index in [1.165, 1.54) is 25.3 Å². The average molecular weight is 441 g/mol. The number of fused-ring (bicyclic) bond motifs is 1. The number of pyridine rings is 2. The first kappa shape index (κ1) is 21.5. The largest absolute Gasteiger partial charge is 0.422 e. The molecule has 0 aliphatic heterocycles. The summed E-state index contributed by atoms with van der Waals surface area (Å²) in [6.07, 6.45) is -1.72. The number of ether oxygens (including phenoxy) is 1. The highest BCUT2D eigenvalue weighted by atomic mass is 35.5. The Hall–Kier alpha value is -3.20. The monoisotopic (exact) mass is 440 g/mol. The summed E-state index contributed by atoms with van der Waals surface area (Å²) in [5.41, 5.74) is -2.88. The van der Waals surface area contributed by atoms with Crippen molar-refractivity contribution in [1.29, 1.82) is 0 Å². The predicted molar refractivity (Wildman–Crippen MR) is 103 cm³/mol. The van der Waals surface area contributed by atoms with Gasteiger partial charge in [-0.05, 0) is 31.2 Å². The van der Waals surface area contributed by atoms with E-state index in [-0.39, 0.29) is 16.6 Å². The van der Waals surface area contributed by atoms with Crippen LogP contribution >= 0.6 is 11.6 Å². The van der Waals surface area contributed by atoms with Crippen molar-refractivity contribution < 1.29 is 27.1 Å². The van der Waals surface area contributed by atoms with Gasteiger partial charge in [0.05, 0.1) is 22.5 Å². The Balaban J connectivity index is 2.53. The van der Waals surface area contributed by atoms with E-state index in [9.17, 15) is 27.2 Å². The Morgan fingerprint density at radius 2 is 1.90 bits per heavy atom. The molecule has 156 valence electrons. The molecule has 30 heavy (non-hydrogen) atoms. The van der Waals surface area contributed by atoms with Crippen LogP contribution in [0.3, 0.4) is 0 Å². The van der Waals surface area contributed by atoms with E-state index in [1.807, 2.05) is 0 Å². The van der Waals surface area contributed by atoms with Crippen molar-refractivity contribution in [3.63, 3.8) is 0 Å². The first-order valence-electron chi connectivity index (χ1n) is 8.44. The van der Waals surface area contributed by atoms with Gasteiger partial charge in [-0.15, -0.1) is 0 Å². The van der Waals surface area contributed by atoms with Crippen LogP contribution in [0.5, 0.6) is 5.75 Å². The Labute approximate surface area is 172 Å². The lowest BCUT2D eigenvalue weighted by Crippen LogP contribution is -2.27. The maximum Gasteiger partial charge on any atom is 0.338 e. The number of alkyl halides is 2. The van der Waals surface area contributed by atoms with E-state index in [1.54, 1.807) is 0 Å². The summed E-state index contributed by atoms with van der Waals surface area (Å²) in [6, 6.07) is 4.18. The second-order valence-electron chi connectivity index (χ2n) is 6.27. The Morgan fingerprint density at radius 3 is 2.53 bits per heavy atom. The van der Waals surface area contributed by atoms with Gasteiger partial charge in [-0.1, -0.05) is 18.2 Å². The van der Waals surface area contributed by atoms with Gasteiger partial charge in [0, 0.05) is 17.3 Å². The van der Waals surface area contributed by atoms with E-state index in [0.29, 0.717) is 10.6 Å². The van der Waals surface area contributed by atoms with E-state index in [4.69, 9.17) is 16.3 Å². The molecule has 0 N–H and O–H groups in total. The summed E-state index contributed by atoms with van der Waals surface area (Å²) >= 11 is 5.90. The molecule has 0 unspecified atom stereocenters. The van der Waals surface area contributed by atoms with E-state index < -0.39 is 58.0 Å². The molecule has 0 saturated carbocycles. The van der Waals surface area contributed by atoms with Crippen molar-refractivity contribution in [3.05, 3.63) is 69.6 Å². The number of hydrogen-bond acceptors (Lipinski definition) is 4. The Kier molecular flexibility index (Phi) is 5.93.